The van der Waals surface area contributed by atoms with E-state index < -0.39 is 0 Å². The van der Waals surface area contributed by atoms with Crippen molar-refractivity contribution in [3.63, 3.8) is 0 Å². The summed E-state index contributed by atoms with van der Waals surface area (Å²) in [6.45, 7) is 0. The number of hydrogen-bond acceptors (Lipinski definition) is 1. The SMILES string of the molecule is Fc1cccc(-c2cccc(C#Cc3ccncc3)c2)c1. The van der Waals surface area contributed by atoms with Gasteiger partial charge < -0.3 is 0 Å². The van der Waals surface area contributed by atoms with E-state index in [1.165, 1.54) is 12.1 Å². The lowest BCUT2D eigenvalue weighted by Crippen LogP contribution is -1.82. The van der Waals surface area contributed by atoms with Gasteiger partial charge in [0.15, 0.2) is 0 Å². The van der Waals surface area contributed by atoms with Crippen molar-refractivity contribution in [3.8, 4) is 23.0 Å². The smallest absolute Gasteiger partial charge is 0.123 e. The first-order valence-electron chi connectivity index (χ1n) is 6.59. The Bertz CT molecular complexity index is 813. The van der Waals surface area contributed by atoms with Gasteiger partial charge in [-0.05, 0) is 47.5 Å². The molecule has 0 saturated carbocycles. The van der Waals surface area contributed by atoms with Crippen molar-refractivity contribution in [1.82, 2.24) is 4.98 Å². The Kier molecular flexibility index (Phi) is 3.75. The number of benzene rings is 2. The van der Waals surface area contributed by atoms with Gasteiger partial charge in [0, 0.05) is 23.5 Å². The normalized spacial score (nSPS) is 9.76. The second kappa shape index (κ2) is 6.02. The highest BCUT2D eigenvalue weighted by Crippen LogP contribution is 2.20. The standard InChI is InChI=1S/C19H12FN/c20-19-6-2-5-18(14-19)17-4-1-3-16(13-17)8-7-15-9-11-21-12-10-15/h1-6,9-14H. The molecule has 0 fully saturated rings. The average Bonchev–Trinajstić information content (AvgIpc) is 2.54. The third-order valence-corrected chi connectivity index (χ3v) is 3.05. The van der Waals surface area contributed by atoms with Gasteiger partial charge >= 0.3 is 0 Å². The monoisotopic (exact) mass is 273 g/mol. The molecule has 0 N–H and O–H groups in total. The van der Waals surface area contributed by atoms with Gasteiger partial charge in [0.2, 0.25) is 0 Å². The molecule has 0 aliphatic rings. The zero-order chi connectivity index (χ0) is 14.5. The third-order valence-electron chi connectivity index (χ3n) is 3.05. The maximum atomic E-state index is 13.3. The Balaban J connectivity index is 1.93. The van der Waals surface area contributed by atoms with Gasteiger partial charge in [-0.3, -0.25) is 4.98 Å². The van der Waals surface area contributed by atoms with Crippen LogP contribution in [0.4, 0.5) is 4.39 Å². The van der Waals surface area contributed by atoms with E-state index in [9.17, 15) is 4.39 Å². The van der Waals surface area contributed by atoms with Crippen molar-refractivity contribution >= 4 is 0 Å². The quantitative estimate of drug-likeness (QED) is 0.603. The summed E-state index contributed by atoms with van der Waals surface area (Å²) in [5.74, 6) is 5.97. The van der Waals surface area contributed by atoms with E-state index in [4.69, 9.17) is 0 Å². The molecule has 0 spiro atoms. The van der Waals surface area contributed by atoms with Crippen LogP contribution in [-0.2, 0) is 0 Å². The number of rotatable bonds is 1. The van der Waals surface area contributed by atoms with E-state index in [1.807, 2.05) is 42.5 Å². The lowest BCUT2D eigenvalue weighted by Gasteiger charge is -2.02. The van der Waals surface area contributed by atoms with Crippen molar-refractivity contribution in [2.24, 2.45) is 0 Å². The second-order valence-corrected chi connectivity index (χ2v) is 4.58. The summed E-state index contributed by atoms with van der Waals surface area (Å²) < 4.78 is 13.3. The summed E-state index contributed by atoms with van der Waals surface area (Å²) in [5, 5.41) is 0. The molecule has 2 aromatic carbocycles. The van der Waals surface area contributed by atoms with Gasteiger partial charge in [-0.2, -0.15) is 0 Å². The lowest BCUT2D eigenvalue weighted by atomic mass is 10.0. The van der Waals surface area contributed by atoms with E-state index in [2.05, 4.69) is 16.8 Å². The van der Waals surface area contributed by atoms with Crippen LogP contribution in [0.15, 0.2) is 73.1 Å². The van der Waals surface area contributed by atoms with E-state index in [0.29, 0.717) is 0 Å². The van der Waals surface area contributed by atoms with Crippen LogP contribution in [0.5, 0.6) is 0 Å². The first-order chi connectivity index (χ1) is 10.3. The van der Waals surface area contributed by atoms with Crippen LogP contribution in [0.2, 0.25) is 0 Å². The predicted octanol–water partition coefficient (Wildman–Crippen LogP) is 4.29. The van der Waals surface area contributed by atoms with Gasteiger partial charge in [0.1, 0.15) is 5.82 Å². The van der Waals surface area contributed by atoms with Crippen LogP contribution in [-0.4, -0.2) is 4.98 Å². The van der Waals surface area contributed by atoms with Crippen LogP contribution >= 0.6 is 0 Å². The fraction of sp³-hybridized carbons (Fsp3) is 0. The fourth-order valence-electron chi connectivity index (χ4n) is 2.02. The minimum atomic E-state index is -0.235. The molecule has 0 radical (unpaired) electrons. The zero-order valence-corrected chi connectivity index (χ0v) is 11.3. The minimum absolute atomic E-state index is 0.235. The summed E-state index contributed by atoms with van der Waals surface area (Å²) >= 11 is 0. The molecule has 0 unspecified atom stereocenters. The van der Waals surface area contributed by atoms with Crippen molar-refractivity contribution in [1.29, 1.82) is 0 Å². The summed E-state index contributed by atoms with van der Waals surface area (Å²) in [7, 11) is 0. The first-order valence-corrected chi connectivity index (χ1v) is 6.59. The van der Waals surface area contributed by atoms with Crippen LogP contribution in [0, 0.1) is 17.7 Å². The van der Waals surface area contributed by atoms with Crippen LogP contribution in [0.25, 0.3) is 11.1 Å². The average molecular weight is 273 g/mol. The number of pyridine rings is 1. The Hall–Kier alpha value is -2.92. The molecule has 2 heteroatoms. The topological polar surface area (TPSA) is 12.9 Å². The highest BCUT2D eigenvalue weighted by atomic mass is 19.1. The summed E-state index contributed by atoms with van der Waals surface area (Å²) in [6, 6.07) is 18.1. The Morgan fingerprint density at radius 3 is 2.14 bits per heavy atom. The summed E-state index contributed by atoms with van der Waals surface area (Å²) in [6.07, 6.45) is 3.43. The van der Waals surface area contributed by atoms with Crippen molar-refractivity contribution < 1.29 is 4.39 Å². The molecule has 0 aliphatic heterocycles. The van der Waals surface area contributed by atoms with Gasteiger partial charge in [0.25, 0.3) is 0 Å². The molecule has 1 heterocycles. The van der Waals surface area contributed by atoms with Crippen molar-refractivity contribution in [2.75, 3.05) is 0 Å². The molecule has 3 aromatic rings. The molecule has 0 atom stereocenters. The van der Waals surface area contributed by atoms with Gasteiger partial charge in [-0.25, -0.2) is 4.39 Å². The summed E-state index contributed by atoms with van der Waals surface area (Å²) in [5.41, 5.74) is 3.62. The number of hydrogen-bond donors (Lipinski definition) is 0. The molecule has 0 saturated heterocycles. The van der Waals surface area contributed by atoms with Gasteiger partial charge in [-0.1, -0.05) is 36.1 Å². The molecule has 100 valence electrons. The molecule has 21 heavy (non-hydrogen) atoms. The Labute approximate surface area is 123 Å². The maximum Gasteiger partial charge on any atom is 0.123 e. The molecule has 0 aliphatic carbocycles. The van der Waals surface area contributed by atoms with E-state index in [0.717, 1.165) is 22.3 Å². The minimum Gasteiger partial charge on any atom is -0.265 e. The van der Waals surface area contributed by atoms with E-state index >= 15 is 0 Å². The molecule has 1 aromatic heterocycles. The zero-order valence-electron chi connectivity index (χ0n) is 11.3. The van der Waals surface area contributed by atoms with Crippen molar-refractivity contribution in [3.05, 3.63) is 90.0 Å². The molecule has 3 rings (SSSR count). The molecule has 0 bridgehead atoms. The van der Waals surface area contributed by atoms with Crippen LogP contribution < -0.4 is 0 Å². The fourth-order valence-corrected chi connectivity index (χ4v) is 2.02. The number of aromatic nitrogens is 1. The molecular weight excluding hydrogens is 261 g/mol. The maximum absolute atomic E-state index is 13.3. The van der Waals surface area contributed by atoms with Crippen molar-refractivity contribution in [2.45, 2.75) is 0 Å². The highest BCUT2D eigenvalue weighted by molar-refractivity contribution is 5.65. The van der Waals surface area contributed by atoms with Gasteiger partial charge in [0.05, 0.1) is 0 Å². The van der Waals surface area contributed by atoms with E-state index in [1.54, 1.807) is 18.5 Å². The first kappa shape index (κ1) is 13.1. The van der Waals surface area contributed by atoms with Crippen LogP contribution in [0.1, 0.15) is 11.1 Å². The molecular formula is C19H12FN. The lowest BCUT2D eigenvalue weighted by molar-refractivity contribution is 0.628. The third kappa shape index (κ3) is 3.34. The van der Waals surface area contributed by atoms with Gasteiger partial charge in [-0.15, -0.1) is 0 Å². The summed E-state index contributed by atoms with van der Waals surface area (Å²) in [4.78, 5) is 3.96. The number of nitrogens with zero attached hydrogens (tertiary/aromatic N) is 1. The Morgan fingerprint density at radius 2 is 1.38 bits per heavy atom. The largest absolute Gasteiger partial charge is 0.265 e. The van der Waals surface area contributed by atoms with E-state index in [-0.39, 0.29) is 5.82 Å². The Morgan fingerprint density at radius 1 is 0.714 bits per heavy atom. The second-order valence-electron chi connectivity index (χ2n) is 4.58. The highest BCUT2D eigenvalue weighted by Gasteiger charge is 1.99. The predicted molar refractivity (Wildman–Crippen MR) is 82.1 cm³/mol. The molecule has 0 amide bonds. The van der Waals surface area contributed by atoms with Crippen LogP contribution in [0.3, 0.4) is 0 Å². The number of halogens is 1. The molecule has 1 nitrogen and oxygen atoms in total.